The Labute approximate surface area is 146 Å². The van der Waals surface area contributed by atoms with Gasteiger partial charge in [-0.05, 0) is 0 Å². The van der Waals surface area contributed by atoms with Crippen molar-refractivity contribution in [3.63, 3.8) is 0 Å². The minimum absolute atomic E-state index is 0. The van der Waals surface area contributed by atoms with Crippen LogP contribution >= 0.6 is 0 Å². The fourth-order valence-corrected chi connectivity index (χ4v) is 1.75. The number of hydrogen-bond donors (Lipinski definition) is 0. The minimum atomic E-state index is 0. The number of nitriles is 2. The number of nitrogens with zero attached hydrogens (tertiary/aromatic N) is 2. The van der Waals surface area contributed by atoms with Gasteiger partial charge >= 0.3 is 0 Å². The molecule has 0 saturated heterocycles. The molecule has 0 spiro atoms. The van der Waals surface area contributed by atoms with E-state index in [0.29, 0.717) is 36.8 Å². The fraction of sp³-hybridized carbons (Fsp3) is 0.222. The second kappa shape index (κ2) is 12.1. The van der Waals surface area contributed by atoms with Gasteiger partial charge in [0.15, 0.2) is 0 Å². The molecule has 0 aliphatic rings. The summed E-state index contributed by atoms with van der Waals surface area (Å²) >= 11 is 0. The summed E-state index contributed by atoms with van der Waals surface area (Å²) in [6.45, 7) is 0. The maximum atomic E-state index is 11.1. The Hall–Kier alpha value is -2.46. The predicted molar refractivity (Wildman–Crippen MR) is 82.4 cm³/mol. The van der Waals surface area contributed by atoms with Gasteiger partial charge in [0.05, 0.1) is 12.1 Å². The van der Waals surface area contributed by atoms with Gasteiger partial charge in [-0.25, -0.2) is 12.1 Å². The van der Waals surface area contributed by atoms with E-state index in [0.717, 1.165) is 0 Å². The van der Waals surface area contributed by atoms with Crippen molar-refractivity contribution in [1.82, 2.24) is 0 Å². The van der Waals surface area contributed by atoms with Crippen LogP contribution in [-0.4, -0.2) is 11.6 Å². The van der Waals surface area contributed by atoms with Crippen molar-refractivity contribution in [1.29, 1.82) is 10.5 Å². The van der Waals surface area contributed by atoms with Crippen LogP contribution in [0.3, 0.4) is 0 Å². The summed E-state index contributed by atoms with van der Waals surface area (Å²) in [6, 6.07) is 18.2. The van der Waals surface area contributed by atoms with Crippen LogP contribution in [0.4, 0.5) is 0 Å². The van der Waals surface area contributed by atoms with Gasteiger partial charge in [-0.2, -0.15) is 22.7 Å². The monoisotopic (exact) mass is 348 g/mol. The topological polar surface area (TPSA) is 81.7 Å². The average molecular weight is 348 g/mol. The first-order valence-corrected chi connectivity index (χ1v) is 6.92. The van der Waals surface area contributed by atoms with Gasteiger partial charge in [0, 0.05) is 36.3 Å². The zero-order valence-corrected chi connectivity index (χ0v) is 13.6. The number of hydrogen-bond acceptors (Lipinski definition) is 4. The normalized spacial score (nSPS) is 8.61. The van der Waals surface area contributed by atoms with Gasteiger partial charge in [-0.3, -0.25) is 5.78 Å². The second-order valence-corrected chi connectivity index (χ2v) is 4.51. The summed E-state index contributed by atoms with van der Waals surface area (Å²) in [7, 11) is 0. The summed E-state index contributed by atoms with van der Waals surface area (Å²) in [4.78, 5) is 22.2. The van der Waals surface area contributed by atoms with Gasteiger partial charge < -0.3 is 39.4 Å². The maximum absolute atomic E-state index is 11.1. The molecule has 0 unspecified atom stereocenters. The minimum Gasteiger partial charge on any atom is -0.718 e. The molecule has 2 aromatic rings. The molecular weight excluding hydrogens is 332 g/mol. The van der Waals surface area contributed by atoms with Gasteiger partial charge in [0.1, 0.15) is 5.78 Å². The van der Waals surface area contributed by atoms with Crippen molar-refractivity contribution in [2.45, 2.75) is 25.7 Å². The first-order valence-electron chi connectivity index (χ1n) is 6.92. The molecule has 0 bridgehead atoms. The Bertz CT molecular complexity index is 599. The van der Waals surface area contributed by atoms with Crippen molar-refractivity contribution < 1.29 is 26.7 Å². The summed E-state index contributed by atoms with van der Waals surface area (Å²) in [6.07, 6.45) is 1.29. The van der Waals surface area contributed by atoms with Crippen molar-refractivity contribution in [2.75, 3.05) is 0 Å². The zero-order chi connectivity index (χ0) is 16.2. The van der Waals surface area contributed by atoms with Crippen molar-refractivity contribution >= 4 is 11.6 Å². The van der Waals surface area contributed by atoms with Crippen LogP contribution in [0.1, 0.15) is 46.4 Å². The maximum Gasteiger partial charge on any atom is 0.109 e. The molecule has 0 aromatic heterocycles. The molecular formula is C18H16FeN2O2-6. The number of rotatable bonds is 6. The standard InChI is InChI=1S/2C9H8NO.Fe/c2*10-7-3-6-9(11)8-4-1-2-5-8;/h2*1-2,4-5H,3,6H2;/q-5;-1;. The van der Waals surface area contributed by atoms with E-state index in [1.165, 1.54) is 0 Å². The molecule has 23 heavy (non-hydrogen) atoms. The molecule has 0 heterocycles. The molecule has 0 amide bonds. The largest absolute Gasteiger partial charge is 0.718 e. The van der Waals surface area contributed by atoms with E-state index >= 15 is 0 Å². The molecule has 0 fully saturated rings. The number of carbonyl (C=O) groups is 2. The molecule has 5 heteroatoms. The summed E-state index contributed by atoms with van der Waals surface area (Å²) in [5, 5.41) is 16.4. The first kappa shape index (κ1) is 20.5. The molecule has 0 radical (unpaired) electrons. The molecule has 0 atom stereocenters. The Morgan fingerprint density at radius 3 is 1.87 bits per heavy atom. The number of Topliss-reactive ketones (excluding diaryl/α,β-unsaturated/α-hetero) is 2. The third kappa shape index (κ3) is 7.93. The van der Waals surface area contributed by atoms with Gasteiger partial charge in [-0.15, -0.1) is 6.42 Å². The second-order valence-electron chi connectivity index (χ2n) is 4.51. The third-order valence-electron chi connectivity index (χ3n) is 2.90. The van der Waals surface area contributed by atoms with E-state index in [-0.39, 0.29) is 28.6 Å². The molecule has 0 aliphatic heterocycles. The summed E-state index contributed by atoms with van der Waals surface area (Å²) in [5.41, 5.74) is 1.42. The smallest absolute Gasteiger partial charge is 0.109 e. The van der Waals surface area contributed by atoms with Gasteiger partial charge in [-0.1, -0.05) is 5.56 Å². The van der Waals surface area contributed by atoms with Crippen LogP contribution in [0.25, 0.3) is 0 Å². The van der Waals surface area contributed by atoms with Crippen molar-refractivity contribution in [2.24, 2.45) is 0 Å². The summed E-state index contributed by atoms with van der Waals surface area (Å²) < 4.78 is 0. The third-order valence-corrected chi connectivity index (χ3v) is 2.90. The van der Waals surface area contributed by atoms with Gasteiger partial charge in [0.25, 0.3) is 0 Å². The van der Waals surface area contributed by atoms with E-state index in [2.05, 4.69) is 0 Å². The van der Waals surface area contributed by atoms with Crippen LogP contribution in [0.15, 0.2) is 48.5 Å². The van der Waals surface area contributed by atoms with Crippen LogP contribution in [0, 0.1) is 22.7 Å². The fourth-order valence-electron chi connectivity index (χ4n) is 1.75. The van der Waals surface area contributed by atoms with E-state index in [1.807, 2.05) is 36.4 Å². The molecule has 0 aliphatic carbocycles. The van der Waals surface area contributed by atoms with Crippen molar-refractivity contribution in [3.8, 4) is 12.1 Å². The molecule has 4 nitrogen and oxygen atoms in total. The quantitative estimate of drug-likeness (QED) is 0.452. The van der Waals surface area contributed by atoms with E-state index in [1.54, 1.807) is 24.3 Å². The molecule has 2 aromatic carbocycles. The Balaban J connectivity index is 0.000000403. The van der Waals surface area contributed by atoms with Crippen LogP contribution in [-0.2, 0) is 17.1 Å². The Kier molecular flexibility index (Phi) is 10.8. The van der Waals surface area contributed by atoms with Crippen LogP contribution in [0.2, 0.25) is 0 Å². The average Bonchev–Trinajstić information content (AvgIpc) is 3.23. The predicted octanol–water partition coefficient (Wildman–Crippen LogP) is 3.78. The number of carbonyl (C=O) groups excluding carboxylic acids is 2. The van der Waals surface area contributed by atoms with E-state index in [9.17, 15) is 9.59 Å². The van der Waals surface area contributed by atoms with Crippen LogP contribution in [0.5, 0.6) is 0 Å². The zero-order valence-electron chi connectivity index (χ0n) is 12.5. The van der Waals surface area contributed by atoms with E-state index < -0.39 is 0 Å². The van der Waals surface area contributed by atoms with Crippen LogP contribution < -0.4 is 0 Å². The first-order chi connectivity index (χ1) is 10.7. The number of ketones is 2. The molecule has 0 N–H and O–H groups in total. The molecule has 124 valence electrons. The Morgan fingerprint density at radius 2 is 1.39 bits per heavy atom. The molecule has 2 rings (SSSR count). The molecule has 0 saturated carbocycles. The van der Waals surface area contributed by atoms with E-state index in [4.69, 9.17) is 10.5 Å². The summed E-state index contributed by atoms with van der Waals surface area (Å²) in [5.74, 6) is 0.105. The Morgan fingerprint density at radius 1 is 0.913 bits per heavy atom. The SMILES string of the molecule is N#CCCC(=O)[c-]1[cH-][cH-][cH-][cH-]1.N#CCCC(=O)[c-]1cccc1.[Fe]. The van der Waals surface area contributed by atoms with Gasteiger partial charge in [0.2, 0.25) is 0 Å². The van der Waals surface area contributed by atoms with Crippen molar-refractivity contribution in [3.05, 3.63) is 59.7 Å².